The second-order valence-electron chi connectivity index (χ2n) is 5.69. The Kier molecular flexibility index (Phi) is 3.27. The van der Waals surface area contributed by atoms with E-state index in [0.717, 1.165) is 18.4 Å². The van der Waals surface area contributed by atoms with Gasteiger partial charge in [0.1, 0.15) is 5.82 Å². The molecule has 19 heavy (non-hydrogen) atoms. The minimum Gasteiger partial charge on any atom is -0.392 e. The van der Waals surface area contributed by atoms with Crippen molar-refractivity contribution < 1.29 is 14.3 Å². The van der Waals surface area contributed by atoms with Gasteiger partial charge in [-0.1, -0.05) is 12.1 Å². The van der Waals surface area contributed by atoms with Gasteiger partial charge in [0.25, 0.3) is 0 Å². The van der Waals surface area contributed by atoms with Gasteiger partial charge in [-0.2, -0.15) is 0 Å². The minimum atomic E-state index is -0.282. The Morgan fingerprint density at radius 2 is 1.79 bits per heavy atom. The number of aliphatic hydroxyl groups is 1. The number of carbonyl (C=O) groups excluding carboxylic acids is 1. The van der Waals surface area contributed by atoms with Crippen LogP contribution < -0.4 is 0 Å². The predicted molar refractivity (Wildman–Crippen MR) is 68.9 cm³/mol. The largest absolute Gasteiger partial charge is 0.392 e. The number of likely N-dealkylation sites (tertiary alicyclic amines) is 1. The van der Waals surface area contributed by atoms with E-state index in [1.807, 2.05) is 4.90 Å². The molecule has 3 nitrogen and oxygen atoms in total. The number of amides is 1. The third-order valence-corrected chi connectivity index (χ3v) is 4.41. The van der Waals surface area contributed by atoms with Crippen molar-refractivity contribution in [3.63, 3.8) is 0 Å². The molecule has 1 amide bonds. The van der Waals surface area contributed by atoms with E-state index in [1.54, 1.807) is 12.1 Å². The van der Waals surface area contributed by atoms with Crippen LogP contribution in [0.2, 0.25) is 0 Å². The predicted octanol–water partition coefficient (Wildman–Crippen LogP) is 1.60. The van der Waals surface area contributed by atoms with Crippen molar-refractivity contribution in [2.24, 2.45) is 11.8 Å². The monoisotopic (exact) mass is 263 g/mol. The molecule has 1 unspecified atom stereocenters. The molecule has 1 N–H and O–H groups in total. The Labute approximate surface area is 112 Å². The molecule has 1 aromatic carbocycles. The lowest BCUT2D eigenvalue weighted by molar-refractivity contribution is -0.134. The molecule has 1 aliphatic carbocycles. The quantitative estimate of drug-likeness (QED) is 0.880. The second-order valence-corrected chi connectivity index (χ2v) is 5.69. The number of hydrogen-bond acceptors (Lipinski definition) is 2. The van der Waals surface area contributed by atoms with Crippen molar-refractivity contribution in [1.29, 1.82) is 0 Å². The van der Waals surface area contributed by atoms with E-state index in [1.165, 1.54) is 12.1 Å². The maximum absolute atomic E-state index is 12.8. The van der Waals surface area contributed by atoms with E-state index < -0.39 is 0 Å². The molecule has 1 saturated heterocycles. The van der Waals surface area contributed by atoms with Gasteiger partial charge in [-0.3, -0.25) is 4.79 Å². The van der Waals surface area contributed by atoms with Crippen LogP contribution >= 0.6 is 0 Å². The van der Waals surface area contributed by atoms with Gasteiger partial charge >= 0.3 is 0 Å². The highest BCUT2D eigenvalue weighted by atomic mass is 19.1. The summed E-state index contributed by atoms with van der Waals surface area (Å²) in [5.74, 6) is 0.289. The normalized spacial score (nSPS) is 29.6. The standard InChI is InChI=1S/C15H18FNO2/c16-13-5-1-10(2-6-13)7-14(18)17-8-11-3-4-12(9-17)15(11)19/h1-2,5-6,11-12,15,19H,3-4,7-9H2/t11-,12+,15?. The summed E-state index contributed by atoms with van der Waals surface area (Å²) in [6.45, 7) is 1.33. The first kappa shape index (κ1) is 12.6. The lowest BCUT2D eigenvalue weighted by Crippen LogP contribution is -2.47. The van der Waals surface area contributed by atoms with Crippen LogP contribution in [0.25, 0.3) is 0 Å². The summed E-state index contributed by atoms with van der Waals surface area (Å²) in [5.41, 5.74) is 0.838. The van der Waals surface area contributed by atoms with Gasteiger partial charge in [-0.05, 0) is 30.5 Å². The molecule has 1 saturated carbocycles. The van der Waals surface area contributed by atoms with Crippen molar-refractivity contribution in [3.8, 4) is 0 Å². The first-order valence-corrected chi connectivity index (χ1v) is 6.84. The SMILES string of the molecule is O=C(Cc1ccc(F)cc1)N1C[C@H]2CC[C@@H](C1)C2O. The number of piperidine rings is 1. The van der Waals surface area contributed by atoms with Crippen molar-refractivity contribution >= 4 is 5.91 Å². The average molecular weight is 263 g/mol. The second kappa shape index (κ2) is 4.93. The van der Waals surface area contributed by atoms with Gasteiger partial charge in [0.2, 0.25) is 5.91 Å². The van der Waals surface area contributed by atoms with Gasteiger partial charge < -0.3 is 10.0 Å². The van der Waals surface area contributed by atoms with Crippen molar-refractivity contribution in [1.82, 2.24) is 4.90 Å². The molecule has 102 valence electrons. The fourth-order valence-corrected chi connectivity index (χ4v) is 3.29. The third-order valence-electron chi connectivity index (χ3n) is 4.41. The highest BCUT2D eigenvalue weighted by molar-refractivity contribution is 5.79. The molecule has 1 aromatic rings. The summed E-state index contributed by atoms with van der Waals surface area (Å²) in [7, 11) is 0. The lowest BCUT2D eigenvalue weighted by Gasteiger charge is -2.35. The maximum atomic E-state index is 12.8. The smallest absolute Gasteiger partial charge is 0.227 e. The Hall–Kier alpha value is -1.42. The summed E-state index contributed by atoms with van der Waals surface area (Å²) >= 11 is 0. The molecule has 2 fully saturated rings. The molecule has 4 heteroatoms. The molecule has 0 radical (unpaired) electrons. The molecule has 2 aliphatic rings. The number of nitrogens with zero attached hydrogens (tertiary/aromatic N) is 1. The van der Waals surface area contributed by atoms with Gasteiger partial charge in [-0.25, -0.2) is 4.39 Å². The Bertz CT molecular complexity index is 460. The van der Waals surface area contributed by atoms with E-state index >= 15 is 0 Å². The van der Waals surface area contributed by atoms with E-state index in [2.05, 4.69) is 0 Å². The van der Waals surface area contributed by atoms with Gasteiger partial charge in [0.05, 0.1) is 12.5 Å². The summed E-state index contributed by atoms with van der Waals surface area (Å²) in [6, 6.07) is 6.07. The van der Waals surface area contributed by atoms with Crippen LogP contribution in [0.15, 0.2) is 24.3 Å². The fourth-order valence-electron chi connectivity index (χ4n) is 3.29. The zero-order valence-corrected chi connectivity index (χ0v) is 10.8. The summed E-state index contributed by atoms with van der Waals surface area (Å²) < 4.78 is 12.8. The zero-order valence-electron chi connectivity index (χ0n) is 10.8. The molecule has 1 heterocycles. The number of hydrogen-bond donors (Lipinski definition) is 1. The van der Waals surface area contributed by atoms with Crippen LogP contribution in [0.4, 0.5) is 4.39 Å². The summed E-state index contributed by atoms with van der Waals surface area (Å²) in [6.07, 6.45) is 2.13. The number of benzene rings is 1. The highest BCUT2D eigenvalue weighted by Crippen LogP contribution is 2.36. The van der Waals surface area contributed by atoms with Crippen LogP contribution in [-0.2, 0) is 11.2 Å². The highest BCUT2D eigenvalue weighted by Gasteiger charge is 2.42. The van der Waals surface area contributed by atoms with E-state index in [0.29, 0.717) is 19.5 Å². The van der Waals surface area contributed by atoms with Crippen LogP contribution in [0.3, 0.4) is 0 Å². The topological polar surface area (TPSA) is 40.5 Å². The molecular weight excluding hydrogens is 245 g/mol. The number of carbonyl (C=O) groups is 1. The van der Waals surface area contributed by atoms with E-state index in [9.17, 15) is 14.3 Å². The van der Waals surface area contributed by atoms with Crippen LogP contribution in [0.1, 0.15) is 18.4 Å². The van der Waals surface area contributed by atoms with E-state index in [4.69, 9.17) is 0 Å². The van der Waals surface area contributed by atoms with Crippen LogP contribution in [0.5, 0.6) is 0 Å². The molecule has 3 atom stereocenters. The number of aliphatic hydroxyl groups excluding tert-OH is 1. The van der Waals surface area contributed by atoms with Crippen LogP contribution in [-0.4, -0.2) is 35.1 Å². The molecular formula is C15H18FNO2. The average Bonchev–Trinajstić information content (AvgIpc) is 2.64. The van der Waals surface area contributed by atoms with Crippen molar-refractivity contribution in [2.75, 3.05) is 13.1 Å². The van der Waals surface area contributed by atoms with Crippen LogP contribution in [0, 0.1) is 17.7 Å². The maximum Gasteiger partial charge on any atom is 0.227 e. The molecule has 0 aromatic heterocycles. The molecule has 1 aliphatic heterocycles. The molecule has 0 spiro atoms. The van der Waals surface area contributed by atoms with E-state index in [-0.39, 0.29) is 29.7 Å². The number of halogens is 1. The van der Waals surface area contributed by atoms with Gasteiger partial charge in [0, 0.05) is 24.9 Å². The first-order valence-electron chi connectivity index (χ1n) is 6.84. The lowest BCUT2D eigenvalue weighted by atomic mass is 9.94. The Balaban J connectivity index is 1.64. The first-order chi connectivity index (χ1) is 9.13. The summed E-state index contributed by atoms with van der Waals surface area (Å²) in [5, 5.41) is 9.95. The Morgan fingerprint density at radius 3 is 2.37 bits per heavy atom. The number of rotatable bonds is 2. The zero-order chi connectivity index (χ0) is 13.4. The molecule has 3 rings (SSSR count). The minimum absolute atomic E-state index is 0.0791. The van der Waals surface area contributed by atoms with Gasteiger partial charge in [0.15, 0.2) is 0 Å². The number of fused-ring (bicyclic) bond motifs is 2. The molecule has 2 bridgehead atoms. The van der Waals surface area contributed by atoms with Gasteiger partial charge in [-0.15, -0.1) is 0 Å². The van der Waals surface area contributed by atoms with Crippen molar-refractivity contribution in [2.45, 2.75) is 25.4 Å². The Morgan fingerprint density at radius 1 is 1.21 bits per heavy atom. The third kappa shape index (κ3) is 2.50. The fraction of sp³-hybridized carbons (Fsp3) is 0.533. The summed E-state index contributed by atoms with van der Waals surface area (Å²) in [4.78, 5) is 14.1. The van der Waals surface area contributed by atoms with Crippen molar-refractivity contribution in [3.05, 3.63) is 35.6 Å².